The van der Waals surface area contributed by atoms with Crippen LogP contribution < -0.4 is 0 Å². The first-order valence-electron chi connectivity index (χ1n) is 26.6. The summed E-state index contributed by atoms with van der Waals surface area (Å²) in [6.45, 7) is 0. The lowest BCUT2D eigenvalue weighted by atomic mass is 9.83. The van der Waals surface area contributed by atoms with Crippen molar-refractivity contribution in [1.29, 1.82) is 0 Å². The largest absolute Gasteiger partial charge is 0.0636 e. The van der Waals surface area contributed by atoms with E-state index in [4.69, 9.17) is 23.3 Å². The van der Waals surface area contributed by atoms with E-state index < -0.39 is 250 Å². The van der Waals surface area contributed by atoms with Gasteiger partial charge in [-0.1, -0.05) is 151 Å². The molecule has 9 aromatic rings. The van der Waals surface area contributed by atoms with Crippen LogP contribution in [0.4, 0.5) is 0 Å². The summed E-state index contributed by atoms with van der Waals surface area (Å²) in [6, 6.07) is -23.0. The Morgan fingerprint density at radius 1 is 0.295 bits per heavy atom. The minimum atomic E-state index is -1.01. The summed E-state index contributed by atoms with van der Waals surface area (Å²) in [4.78, 5) is 0. The van der Waals surface area contributed by atoms with Crippen LogP contribution in [0.3, 0.4) is 0 Å². The van der Waals surface area contributed by atoms with Crippen LogP contribution in [0.1, 0.15) is 37.0 Å². The summed E-state index contributed by atoms with van der Waals surface area (Å²) in [7, 11) is 0. The Morgan fingerprint density at radius 3 is 1.61 bits per heavy atom. The molecule has 0 aliphatic heterocycles. The van der Waals surface area contributed by atoms with E-state index in [1.807, 2.05) is 0 Å². The van der Waals surface area contributed by atoms with Crippen molar-refractivity contribution in [1.82, 2.24) is 0 Å². The molecule has 0 radical (unpaired) electrons. The van der Waals surface area contributed by atoms with Gasteiger partial charge in [0.2, 0.25) is 0 Å². The molecule has 9 aromatic carbocycles. The molecule has 0 nitrogen and oxygen atoms in total. The van der Waals surface area contributed by atoms with E-state index in [1.54, 1.807) is 0 Å². The van der Waals surface area contributed by atoms with Crippen molar-refractivity contribution in [3.8, 4) is 33.4 Å². The predicted octanol–water partition coefficient (Wildman–Crippen LogP) is 12.5. The van der Waals surface area contributed by atoms with Crippen LogP contribution in [-0.4, -0.2) is 0 Å². The molecule has 9 rings (SSSR count). The topological polar surface area (TPSA) is 0 Å². The monoisotopic (exact) mass is 583 g/mol. The minimum Gasteiger partial charge on any atom is -0.0622 e. The first kappa shape index (κ1) is 9.91. The second kappa shape index (κ2) is 9.93. The van der Waals surface area contributed by atoms with Crippen LogP contribution in [0.15, 0.2) is 169 Å². The Bertz CT molecular complexity index is 4040. The van der Waals surface area contributed by atoms with Gasteiger partial charge in [0, 0.05) is 0 Å². The smallest absolute Gasteiger partial charge is 0.0622 e. The van der Waals surface area contributed by atoms with Gasteiger partial charge in [-0.15, -0.1) is 0 Å². The van der Waals surface area contributed by atoms with Crippen LogP contribution in [0, 0.1) is 0 Å². The molecule has 0 saturated carbocycles. The highest BCUT2D eigenvalue weighted by atomic mass is 14.2. The first-order valence-corrected chi connectivity index (χ1v) is 13.1. The molecule has 0 unspecified atom stereocenters. The molecule has 0 heterocycles. The molecular weight excluding hydrogens is 528 g/mol. The third-order valence-corrected chi connectivity index (χ3v) is 7.20. The van der Waals surface area contributed by atoms with Crippen molar-refractivity contribution in [3.05, 3.63) is 169 Å². The molecule has 0 aromatic heterocycles. The van der Waals surface area contributed by atoms with Crippen molar-refractivity contribution in [2.75, 3.05) is 0 Å². The molecule has 0 aliphatic rings. The summed E-state index contributed by atoms with van der Waals surface area (Å²) in [6.07, 6.45) is 0. The first-order chi connectivity index (χ1) is 33.1. The van der Waals surface area contributed by atoms with E-state index in [-0.39, 0.29) is 0 Å². The Morgan fingerprint density at radius 2 is 0.841 bits per heavy atom. The number of benzene rings is 9. The number of hydrogen-bond acceptors (Lipinski definition) is 0. The van der Waals surface area contributed by atoms with Gasteiger partial charge in [-0.2, -0.15) is 0 Å². The van der Waals surface area contributed by atoms with Crippen molar-refractivity contribution in [3.63, 3.8) is 0 Å². The molecule has 0 bridgehead atoms. The second-order valence-corrected chi connectivity index (χ2v) is 9.58. The van der Waals surface area contributed by atoms with Gasteiger partial charge >= 0.3 is 0 Å². The van der Waals surface area contributed by atoms with E-state index in [0.717, 1.165) is 6.07 Å². The highest BCUT2D eigenvalue weighted by Gasteiger charge is 2.19. The van der Waals surface area contributed by atoms with Gasteiger partial charge in [0.15, 0.2) is 0 Å². The maximum Gasteiger partial charge on any atom is 0.0636 e. The van der Waals surface area contributed by atoms with E-state index in [2.05, 4.69) is 0 Å². The zero-order chi connectivity index (χ0) is 52.5. The average Bonchev–Trinajstić information content (AvgIpc) is 3.33. The zero-order valence-electron chi connectivity index (χ0n) is 49.1. The molecule has 0 N–H and O–H groups in total. The van der Waals surface area contributed by atoms with Crippen LogP contribution in [0.5, 0.6) is 0 Å². The summed E-state index contributed by atoms with van der Waals surface area (Å²) in [5.74, 6) is 0. The van der Waals surface area contributed by atoms with Crippen molar-refractivity contribution in [2.24, 2.45) is 0 Å². The van der Waals surface area contributed by atoms with Crippen LogP contribution >= 0.6 is 0 Å². The fourth-order valence-electron chi connectivity index (χ4n) is 5.35. The van der Waals surface area contributed by atoms with Crippen molar-refractivity contribution < 1.29 is 37.0 Å². The van der Waals surface area contributed by atoms with Crippen molar-refractivity contribution >= 4 is 53.9 Å². The Labute approximate surface area is 294 Å². The Balaban J connectivity index is 1.61. The maximum absolute atomic E-state index is 9.77. The van der Waals surface area contributed by atoms with Gasteiger partial charge in [-0.3, -0.25) is 0 Å². The molecule has 0 saturated heterocycles. The fraction of sp³-hybridized carbons (Fsp3) is 0. The molecule has 0 spiro atoms. The van der Waals surface area contributed by atoms with E-state index in [9.17, 15) is 13.7 Å². The van der Waals surface area contributed by atoms with Crippen LogP contribution in [0.25, 0.3) is 87.2 Å². The summed E-state index contributed by atoms with van der Waals surface area (Å²) in [5, 5.41) is -6.01. The van der Waals surface area contributed by atoms with E-state index in [1.165, 1.54) is 0 Å². The highest BCUT2D eigenvalue weighted by molar-refractivity contribution is 6.25. The summed E-state index contributed by atoms with van der Waals surface area (Å²) < 4.78 is 242. The summed E-state index contributed by atoms with van der Waals surface area (Å²) >= 11 is 0. The van der Waals surface area contributed by atoms with E-state index in [0.29, 0.717) is 0 Å². The zero-order valence-corrected chi connectivity index (χ0v) is 22.1. The normalized spacial score (nSPS) is 20.2. The lowest BCUT2D eigenvalue weighted by Gasteiger charge is -2.20. The van der Waals surface area contributed by atoms with Gasteiger partial charge < -0.3 is 0 Å². The molecule has 44 heavy (non-hydrogen) atoms. The van der Waals surface area contributed by atoms with Crippen LogP contribution in [-0.2, 0) is 0 Å². The average molecular weight is 584 g/mol. The minimum absolute atomic E-state index is 0.471. The van der Waals surface area contributed by atoms with Gasteiger partial charge in [-0.25, -0.2) is 0 Å². The Hall–Kier alpha value is -5.72. The van der Waals surface area contributed by atoms with Gasteiger partial charge in [0.1, 0.15) is 0 Å². The SMILES string of the molecule is [2H]c1cc2c(-c3c([2H])c4c([2H])c([2H])c([2H])c([2H])c4c4c([2H])c([2H])c([2H])c([2H])c34)c3c([2H])c([2H])c([2H])c([2H])c3c(-c3c([2H])c([2H])c4c([2H])c(-c5c([2H])c([2H])c([2H])c([2H])c5[2H])c([2H])c([2H])c4c3[2H])c2c([2H])c1[2H]. The molecule has 0 fully saturated rings. The Kier molecular flexibility index (Phi) is 2.24. The molecule has 0 heteroatoms. The van der Waals surface area contributed by atoms with Crippen molar-refractivity contribution in [2.45, 2.75) is 0 Å². The molecule has 204 valence electrons. The number of fused-ring (bicyclic) bond motifs is 6. The van der Waals surface area contributed by atoms with Gasteiger partial charge in [0.05, 0.1) is 37.0 Å². The van der Waals surface area contributed by atoms with Gasteiger partial charge in [0.25, 0.3) is 0 Å². The fourth-order valence-corrected chi connectivity index (χ4v) is 5.35. The predicted molar refractivity (Wildman–Crippen MR) is 190 cm³/mol. The molecular formula is C44H28. The van der Waals surface area contributed by atoms with Crippen LogP contribution in [0.2, 0.25) is 0 Å². The quantitative estimate of drug-likeness (QED) is 0.143. The van der Waals surface area contributed by atoms with E-state index >= 15 is 0 Å². The highest BCUT2D eigenvalue weighted by Crippen LogP contribution is 2.46. The van der Waals surface area contributed by atoms with Gasteiger partial charge in [-0.05, 0) is 105 Å². The maximum atomic E-state index is 9.77. The standard InChI is InChI=1S/C44H28/c1-2-12-29(13-3-1)30-22-23-32-27-34(25-24-31(32)26-30)43-38-18-8-10-20-40(38)44(41-21-11-9-19-39(41)43)42-28-33-14-4-5-15-35(33)36-16-6-7-17-37(36)42/h1-28H/i1D,2D,3D,4D,5D,6D,7D,8D,9D,10D,11D,12D,13D,14D,15D,16D,17D,18D,19D,20D,22D,23D,24D,25D,26D,27D,28D. The molecule has 0 amide bonds. The molecule has 0 aliphatic carbocycles. The lowest BCUT2D eigenvalue weighted by Crippen LogP contribution is -1.92. The second-order valence-electron chi connectivity index (χ2n) is 9.58. The lowest BCUT2D eigenvalue weighted by molar-refractivity contribution is 1.64. The number of hydrogen-bond donors (Lipinski definition) is 0. The number of rotatable bonds is 3. The third kappa shape index (κ3) is 3.85. The molecule has 0 atom stereocenters. The third-order valence-electron chi connectivity index (χ3n) is 7.20. The summed E-state index contributed by atoms with van der Waals surface area (Å²) in [5.41, 5.74) is -4.00.